The minimum Gasteiger partial charge on any atom is -0.481 e. The first kappa shape index (κ1) is 14.5. The monoisotopic (exact) mass is 277 g/mol. The van der Waals surface area contributed by atoms with Crippen LogP contribution >= 0.6 is 0 Å². The third-order valence-electron chi connectivity index (χ3n) is 4.04. The van der Waals surface area contributed by atoms with Gasteiger partial charge in [-0.15, -0.1) is 0 Å². The molecule has 1 aliphatic carbocycles. The molecule has 6 nitrogen and oxygen atoms in total. The Hall–Kier alpha value is -1.95. The standard InChI is InChI=1S/C14H19N3O3/c1-14(13(19)20)5-2-3-11(14)17-12(18)9-4-6-16-10(7-9)8-15/h4,6-7,11H,2-3,5,8,15H2,1H3,(H,17,18)(H,19,20). The number of carbonyl (C=O) groups is 2. The first-order valence-electron chi connectivity index (χ1n) is 6.66. The number of pyridine rings is 1. The Labute approximate surface area is 117 Å². The molecule has 0 saturated heterocycles. The van der Waals surface area contributed by atoms with E-state index in [1.165, 1.54) is 6.20 Å². The lowest BCUT2D eigenvalue weighted by atomic mass is 9.85. The second-order valence-electron chi connectivity index (χ2n) is 5.38. The minimum atomic E-state index is -0.889. The molecule has 2 rings (SSSR count). The normalized spacial score (nSPS) is 25.4. The van der Waals surface area contributed by atoms with E-state index >= 15 is 0 Å². The average Bonchev–Trinajstić information content (AvgIpc) is 2.81. The van der Waals surface area contributed by atoms with Crippen LogP contribution < -0.4 is 11.1 Å². The summed E-state index contributed by atoms with van der Waals surface area (Å²) in [7, 11) is 0. The number of carbonyl (C=O) groups excluding carboxylic acids is 1. The molecule has 108 valence electrons. The first-order valence-corrected chi connectivity index (χ1v) is 6.66. The molecule has 1 aromatic rings. The quantitative estimate of drug-likeness (QED) is 0.758. The van der Waals surface area contributed by atoms with E-state index < -0.39 is 11.4 Å². The third kappa shape index (κ3) is 2.65. The van der Waals surface area contributed by atoms with Gasteiger partial charge < -0.3 is 16.2 Å². The van der Waals surface area contributed by atoms with Gasteiger partial charge in [-0.2, -0.15) is 0 Å². The highest BCUT2D eigenvalue weighted by molar-refractivity contribution is 5.95. The molecule has 1 aromatic heterocycles. The van der Waals surface area contributed by atoms with Gasteiger partial charge in [0.1, 0.15) is 0 Å². The van der Waals surface area contributed by atoms with Crippen LogP contribution in [0.3, 0.4) is 0 Å². The maximum Gasteiger partial charge on any atom is 0.311 e. The van der Waals surface area contributed by atoms with Gasteiger partial charge in [0.25, 0.3) is 5.91 Å². The van der Waals surface area contributed by atoms with Crippen LogP contribution in [0.4, 0.5) is 0 Å². The molecule has 1 heterocycles. The number of hydrogen-bond acceptors (Lipinski definition) is 4. The zero-order chi connectivity index (χ0) is 14.8. The maximum atomic E-state index is 12.2. The number of nitrogens with two attached hydrogens (primary N) is 1. The molecule has 0 radical (unpaired) electrons. The van der Waals surface area contributed by atoms with E-state index in [0.29, 0.717) is 24.1 Å². The van der Waals surface area contributed by atoms with E-state index in [9.17, 15) is 14.7 Å². The van der Waals surface area contributed by atoms with Gasteiger partial charge in [0.05, 0.1) is 11.1 Å². The van der Waals surface area contributed by atoms with E-state index in [0.717, 1.165) is 6.42 Å². The highest BCUT2D eigenvalue weighted by atomic mass is 16.4. The molecule has 0 aromatic carbocycles. The lowest BCUT2D eigenvalue weighted by Crippen LogP contribution is -2.47. The fraction of sp³-hybridized carbons (Fsp3) is 0.500. The molecule has 2 atom stereocenters. The zero-order valence-corrected chi connectivity index (χ0v) is 11.4. The largest absolute Gasteiger partial charge is 0.481 e. The molecule has 0 aliphatic heterocycles. The third-order valence-corrected chi connectivity index (χ3v) is 4.04. The highest BCUT2D eigenvalue weighted by Crippen LogP contribution is 2.38. The molecule has 1 saturated carbocycles. The van der Waals surface area contributed by atoms with Gasteiger partial charge in [-0.25, -0.2) is 0 Å². The van der Waals surface area contributed by atoms with Gasteiger partial charge >= 0.3 is 5.97 Å². The number of nitrogens with one attached hydrogen (secondary N) is 1. The fourth-order valence-electron chi connectivity index (χ4n) is 2.63. The lowest BCUT2D eigenvalue weighted by Gasteiger charge is -2.27. The van der Waals surface area contributed by atoms with Gasteiger partial charge in [-0.05, 0) is 31.9 Å². The molecular weight excluding hydrogens is 258 g/mol. The smallest absolute Gasteiger partial charge is 0.311 e. The van der Waals surface area contributed by atoms with Crippen LogP contribution in [0, 0.1) is 5.41 Å². The summed E-state index contributed by atoms with van der Waals surface area (Å²) in [6.07, 6.45) is 3.60. The van der Waals surface area contributed by atoms with Gasteiger partial charge in [-0.3, -0.25) is 14.6 Å². The SMILES string of the molecule is CC1(C(=O)O)CCCC1NC(=O)c1ccnc(CN)c1. The van der Waals surface area contributed by atoms with Crippen LogP contribution in [0.2, 0.25) is 0 Å². The van der Waals surface area contributed by atoms with Crippen molar-refractivity contribution in [3.63, 3.8) is 0 Å². The predicted octanol–water partition coefficient (Wildman–Crippen LogP) is 0.914. The molecule has 0 spiro atoms. The molecular formula is C14H19N3O3. The van der Waals surface area contributed by atoms with Crippen LogP contribution in [0.25, 0.3) is 0 Å². The second kappa shape index (κ2) is 5.58. The van der Waals surface area contributed by atoms with Crippen LogP contribution in [-0.4, -0.2) is 28.0 Å². The molecule has 0 bridgehead atoms. The topological polar surface area (TPSA) is 105 Å². The Bertz CT molecular complexity index is 532. The minimum absolute atomic E-state index is 0.261. The summed E-state index contributed by atoms with van der Waals surface area (Å²) in [5.74, 6) is -1.14. The summed E-state index contributed by atoms with van der Waals surface area (Å²) >= 11 is 0. The van der Waals surface area contributed by atoms with Crippen molar-refractivity contribution in [1.29, 1.82) is 0 Å². The summed E-state index contributed by atoms with van der Waals surface area (Å²) in [5.41, 5.74) is 5.69. The van der Waals surface area contributed by atoms with Crippen LogP contribution in [0.5, 0.6) is 0 Å². The van der Waals surface area contributed by atoms with E-state index in [1.807, 2.05) is 0 Å². The van der Waals surface area contributed by atoms with Crippen LogP contribution in [0.1, 0.15) is 42.2 Å². The van der Waals surface area contributed by atoms with Gasteiger partial charge in [-0.1, -0.05) is 6.42 Å². The van der Waals surface area contributed by atoms with E-state index in [2.05, 4.69) is 10.3 Å². The van der Waals surface area contributed by atoms with Crippen molar-refractivity contribution >= 4 is 11.9 Å². The molecule has 1 aliphatic rings. The molecule has 4 N–H and O–H groups in total. The van der Waals surface area contributed by atoms with Crippen molar-refractivity contribution in [2.75, 3.05) is 0 Å². The summed E-state index contributed by atoms with van der Waals surface area (Å²) in [6, 6.07) is 2.88. The lowest BCUT2D eigenvalue weighted by molar-refractivity contribution is -0.148. The Morgan fingerprint density at radius 3 is 3.00 bits per heavy atom. The molecule has 6 heteroatoms. The Morgan fingerprint density at radius 1 is 1.60 bits per heavy atom. The van der Waals surface area contributed by atoms with Crippen LogP contribution in [0.15, 0.2) is 18.3 Å². The fourth-order valence-corrected chi connectivity index (χ4v) is 2.63. The van der Waals surface area contributed by atoms with Crippen molar-refractivity contribution < 1.29 is 14.7 Å². The maximum absolute atomic E-state index is 12.2. The van der Waals surface area contributed by atoms with Crippen LogP contribution in [-0.2, 0) is 11.3 Å². The number of carboxylic acid groups (broad SMARTS) is 1. The summed E-state index contributed by atoms with van der Waals surface area (Å²) < 4.78 is 0. The Morgan fingerprint density at radius 2 is 2.35 bits per heavy atom. The van der Waals surface area contributed by atoms with E-state index in [1.54, 1.807) is 19.1 Å². The zero-order valence-electron chi connectivity index (χ0n) is 11.4. The molecule has 20 heavy (non-hydrogen) atoms. The Balaban J connectivity index is 2.13. The Kier molecular flexibility index (Phi) is 4.04. The van der Waals surface area contributed by atoms with Crippen molar-refractivity contribution in [3.8, 4) is 0 Å². The summed E-state index contributed by atoms with van der Waals surface area (Å²) in [4.78, 5) is 27.6. The molecule has 1 amide bonds. The number of carboxylic acids is 1. The molecule has 1 fully saturated rings. The highest BCUT2D eigenvalue weighted by Gasteiger charge is 2.45. The predicted molar refractivity (Wildman–Crippen MR) is 73.0 cm³/mol. The number of amides is 1. The summed E-state index contributed by atoms with van der Waals surface area (Å²) in [6.45, 7) is 1.95. The van der Waals surface area contributed by atoms with E-state index in [4.69, 9.17) is 5.73 Å². The number of aromatic nitrogens is 1. The van der Waals surface area contributed by atoms with Gasteiger partial charge in [0, 0.05) is 24.3 Å². The number of hydrogen-bond donors (Lipinski definition) is 3. The summed E-state index contributed by atoms with van der Waals surface area (Å²) in [5, 5.41) is 12.2. The van der Waals surface area contributed by atoms with Crippen molar-refractivity contribution in [2.45, 2.75) is 38.8 Å². The first-order chi connectivity index (χ1) is 9.47. The van der Waals surface area contributed by atoms with E-state index in [-0.39, 0.29) is 18.5 Å². The number of aliphatic carboxylic acids is 1. The van der Waals surface area contributed by atoms with Crippen molar-refractivity contribution in [2.24, 2.45) is 11.1 Å². The second-order valence-corrected chi connectivity index (χ2v) is 5.38. The van der Waals surface area contributed by atoms with Crippen molar-refractivity contribution in [3.05, 3.63) is 29.6 Å². The molecule has 2 unspecified atom stereocenters. The number of rotatable bonds is 4. The number of nitrogens with zero attached hydrogens (tertiary/aromatic N) is 1. The van der Waals surface area contributed by atoms with Gasteiger partial charge in [0.15, 0.2) is 0 Å². The average molecular weight is 277 g/mol. The van der Waals surface area contributed by atoms with Gasteiger partial charge in [0.2, 0.25) is 0 Å². The van der Waals surface area contributed by atoms with Crippen molar-refractivity contribution in [1.82, 2.24) is 10.3 Å².